The minimum atomic E-state index is -0.582. The molecule has 5 heteroatoms. The molecule has 1 aromatic carbocycles. The van der Waals surface area contributed by atoms with E-state index in [-0.39, 0.29) is 5.56 Å². The molecule has 0 fully saturated rings. The van der Waals surface area contributed by atoms with Gasteiger partial charge < -0.3 is 10.6 Å². The van der Waals surface area contributed by atoms with E-state index in [1.54, 1.807) is 20.9 Å². The first-order valence-electron chi connectivity index (χ1n) is 5.20. The first-order valence-corrected chi connectivity index (χ1v) is 5.58. The Bertz CT molecular complexity index is 429. The molecule has 0 saturated carbocycles. The fourth-order valence-corrected chi connectivity index (χ4v) is 1.72. The molecule has 0 spiro atoms. The van der Waals surface area contributed by atoms with Gasteiger partial charge in [0.25, 0.3) is 5.91 Å². The molecule has 17 heavy (non-hydrogen) atoms. The number of benzene rings is 1. The first-order chi connectivity index (χ1) is 7.70. The van der Waals surface area contributed by atoms with Crippen LogP contribution in [0.15, 0.2) is 18.2 Å². The largest absolute Gasteiger partial charge is 0.340 e. The Morgan fingerprint density at radius 2 is 2.12 bits per heavy atom. The van der Waals surface area contributed by atoms with E-state index < -0.39 is 17.3 Å². The van der Waals surface area contributed by atoms with Crippen molar-refractivity contribution in [2.45, 2.75) is 19.4 Å². The van der Waals surface area contributed by atoms with E-state index in [0.717, 1.165) is 0 Å². The van der Waals surface area contributed by atoms with Crippen molar-refractivity contribution in [1.29, 1.82) is 0 Å². The summed E-state index contributed by atoms with van der Waals surface area (Å²) in [6.07, 6.45) is 0. The lowest BCUT2D eigenvalue weighted by molar-refractivity contribution is 0.0765. The molecule has 0 radical (unpaired) electrons. The van der Waals surface area contributed by atoms with Gasteiger partial charge >= 0.3 is 0 Å². The summed E-state index contributed by atoms with van der Waals surface area (Å²) >= 11 is 5.74. The summed E-state index contributed by atoms with van der Waals surface area (Å²) in [5.41, 5.74) is 5.24. The number of hydrogen-bond donors (Lipinski definition) is 1. The molecular weight excluding hydrogens is 243 g/mol. The molecule has 94 valence electrons. The summed E-state index contributed by atoms with van der Waals surface area (Å²) in [4.78, 5) is 13.4. The molecule has 1 rings (SSSR count). The highest BCUT2D eigenvalue weighted by atomic mass is 35.5. The van der Waals surface area contributed by atoms with E-state index in [9.17, 15) is 9.18 Å². The van der Waals surface area contributed by atoms with Crippen molar-refractivity contribution in [2.24, 2.45) is 5.73 Å². The molecule has 0 heterocycles. The number of halogens is 2. The molecule has 0 unspecified atom stereocenters. The predicted octanol–water partition coefficient (Wildman–Crippen LogP) is 2.29. The molecule has 0 saturated heterocycles. The van der Waals surface area contributed by atoms with Crippen LogP contribution in [-0.2, 0) is 0 Å². The van der Waals surface area contributed by atoms with Crippen molar-refractivity contribution >= 4 is 17.5 Å². The average Bonchev–Trinajstić information content (AvgIpc) is 2.18. The number of rotatable bonds is 3. The zero-order valence-corrected chi connectivity index (χ0v) is 10.9. The lowest BCUT2D eigenvalue weighted by Gasteiger charge is -2.26. The van der Waals surface area contributed by atoms with E-state index in [1.807, 2.05) is 0 Å². The zero-order valence-electron chi connectivity index (χ0n) is 10.1. The number of likely N-dealkylation sites (N-methyl/N-ethyl adjacent to an activating group) is 1. The van der Waals surface area contributed by atoms with Gasteiger partial charge in [-0.2, -0.15) is 0 Å². The van der Waals surface area contributed by atoms with E-state index in [0.29, 0.717) is 11.6 Å². The van der Waals surface area contributed by atoms with Crippen LogP contribution in [0.1, 0.15) is 24.2 Å². The predicted molar refractivity (Wildman–Crippen MR) is 66.6 cm³/mol. The monoisotopic (exact) mass is 258 g/mol. The minimum Gasteiger partial charge on any atom is -0.340 e. The van der Waals surface area contributed by atoms with Gasteiger partial charge in [0, 0.05) is 24.2 Å². The molecule has 0 aliphatic carbocycles. The Morgan fingerprint density at radius 3 is 2.65 bits per heavy atom. The number of nitrogens with zero attached hydrogens (tertiary/aromatic N) is 1. The third kappa shape index (κ3) is 3.98. The third-order valence-electron chi connectivity index (χ3n) is 2.15. The minimum absolute atomic E-state index is 0.0377. The second kappa shape index (κ2) is 5.02. The van der Waals surface area contributed by atoms with E-state index in [4.69, 9.17) is 17.3 Å². The second-order valence-corrected chi connectivity index (χ2v) is 5.21. The molecule has 0 bridgehead atoms. The Kier molecular flexibility index (Phi) is 4.11. The van der Waals surface area contributed by atoms with Gasteiger partial charge in [0.1, 0.15) is 5.82 Å². The number of hydrogen-bond acceptors (Lipinski definition) is 2. The van der Waals surface area contributed by atoms with E-state index in [2.05, 4.69) is 0 Å². The highest BCUT2D eigenvalue weighted by Gasteiger charge is 2.21. The molecule has 0 aliphatic heterocycles. The van der Waals surface area contributed by atoms with Gasteiger partial charge in [-0.3, -0.25) is 4.79 Å². The zero-order chi connectivity index (χ0) is 13.2. The topological polar surface area (TPSA) is 46.3 Å². The van der Waals surface area contributed by atoms with Crippen LogP contribution in [0, 0.1) is 5.82 Å². The molecule has 2 N–H and O–H groups in total. The molecule has 1 aromatic rings. The summed E-state index contributed by atoms with van der Waals surface area (Å²) in [7, 11) is 1.58. The fourth-order valence-electron chi connectivity index (χ4n) is 1.55. The standard InChI is InChI=1S/C12H16ClFN2O/c1-12(2,15)7-16(3)11(17)9-6-8(13)4-5-10(9)14/h4-6H,7,15H2,1-3H3. The second-order valence-electron chi connectivity index (χ2n) is 4.77. The van der Waals surface area contributed by atoms with Crippen molar-refractivity contribution in [3.8, 4) is 0 Å². The summed E-state index contributed by atoms with van der Waals surface area (Å²) in [5.74, 6) is -1.01. The van der Waals surface area contributed by atoms with E-state index in [1.165, 1.54) is 23.1 Å². The first kappa shape index (κ1) is 13.9. The van der Waals surface area contributed by atoms with Crippen molar-refractivity contribution in [3.63, 3.8) is 0 Å². The maximum absolute atomic E-state index is 13.5. The summed E-state index contributed by atoms with van der Waals surface area (Å²) in [6, 6.07) is 3.90. The lowest BCUT2D eigenvalue weighted by atomic mass is 10.1. The van der Waals surface area contributed by atoms with Crippen LogP contribution in [0.25, 0.3) is 0 Å². The maximum Gasteiger partial charge on any atom is 0.256 e. The summed E-state index contributed by atoms with van der Waals surface area (Å²) in [6.45, 7) is 3.92. The summed E-state index contributed by atoms with van der Waals surface area (Å²) < 4.78 is 13.5. The average molecular weight is 259 g/mol. The quantitative estimate of drug-likeness (QED) is 0.904. The van der Waals surface area contributed by atoms with E-state index >= 15 is 0 Å². The van der Waals surface area contributed by atoms with Crippen molar-refractivity contribution in [2.75, 3.05) is 13.6 Å². The molecular formula is C12H16ClFN2O. The fraction of sp³-hybridized carbons (Fsp3) is 0.417. The Balaban J connectivity index is 2.93. The van der Waals surface area contributed by atoms with Gasteiger partial charge in [-0.1, -0.05) is 11.6 Å². The summed E-state index contributed by atoms with van der Waals surface area (Å²) in [5, 5.41) is 0.329. The van der Waals surface area contributed by atoms with Crippen LogP contribution < -0.4 is 5.73 Å². The van der Waals surface area contributed by atoms with Crippen LogP contribution in [0.4, 0.5) is 4.39 Å². The Labute approximate surface area is 105 Å². The molecule has 0 aliphatic rings. The van der Waals surface area contributed by atoms with Crippen LogP contribution in [0.2, 0.25) is 5.02 Å². The third-order valence-corrected chi connectivity index (χ3v) is 2.39. The van der Waals surface area contributed by atoms with Gasteiger partial charge in [0.2, 0.25) is 0 Å². The van der Waals surface area contributed by atoms with Gasteiger partial charge in [0.15, 0.2) is 0 Å². The van der Waals surface area contributed by atoms with Crippen LogP contribution in [0.3, 0.4) is 0 Å². The highest BCUT2D eigenvalue weighted by Crippen LogP contribution is 2.17. The SMILES string of the molecule is CN(CC(C)(C)N)C(=O)c1cc(Cl)ccc1F. The van der Waals surface area contributed by atoms with Crippen molar-refractivity contribution in [1.82, 2.24) is 4.90 Å². The lowest BCUT2D eigenvalue weighted by Crippen LogP contribution is -2.46. The van der Waals surface area contributed by atoms with Crippen LogP contribution in [-0.4, -0.2) is 29.9 Å². The smallest absolute Gasteiger partial charge is 0.256 e. The molecule has 0 aromatic heterocycles. The molecule has 3 nitrogen and oxygen atoms in total. The van der Waals surface area contributed by atoms with Crippen LogP contribution in [0.5, 0.6) is 0 Å². The van der Waals surface area contributed by atoms with Gasteiger partial charge in [-0.15, -0.1) is 0 Å². The molecule has 0 atom stereocenters. The molecule has 1 amide bonds. The Hall–Kier alpha value is -1.13. The number of carbonyl (C=O) groups is 1. The Morgan fingerprint density at radius 1 is 1.53 bits per heavy atom. The van der Waals surface area contributed by atoms with Gasteiger partial charge in [-0.25, -0.2) is 4.39 Å². The number of nitrogens with two attached hydrogens (primary N) is 1. The maximum atomic E-state index is 13.5. The number of carbonyl (C=O) groups excluding carboxylic acids is 1. The highest BCUT2D eigenvalue weighted by molar-refractivity contribution is 6.30. The normalized spacial score (nSPS) is 11.4. The van der Waals surface area contributed by atoms with Crippen LogP contribution >= 0.6 is 11.6 Å². The van der Waals surface area contributed by atoms with Gasteiger partial charge in [-0.05, 0) is 32.0 Å². The van der Waals surface area contributed by atoms with Crippen molar-refractivity contribution < 1.29 is 9.18 Å². The van der Waals surface area contributed by atoms with Crippen molar-refractivity contribution in [3.05, 3.63) is 34.6 Å². The number of amides is 1. The van der Waals surface area contributed by atoms with Gasteiger partial charge in [0.05, 0.1) is 5.56 Å².